The van der Waals surface area contributed by atoms with Gasteiger partial charge in [0.05, 0.1) is 17.5 Å². The summed E-state index contributed by atoms with van der Waals surface area (Å²) in [6, 6.07) is 8.16. The number of hydrogen-bond acceptors (Lipinski definition) is 5. The lowest BCUT2D eigenvalue weighted by molar-refractivity contribution is -0.126. The number of sulfonamides is 1. The molecule has 0 bridgehead atoms. The van der Waals surface area contributed by atoms with E-state index in [1.165, 1.54) is 12.1 Å². The van der Waals surface area contributed by atoms with Crippen LogP contribution in [0, 0.1) is 11.6 Å². The topological polar surface area (TPSA) is 105 Å². The second kappa shape index (κ2) is 11.5. The third-order valence-corrected chi connectivity index (χ3v) is 6.86. The summed E-state index contributed by atoms with van der Waals surface area (Å²) in [4.78, 5) is 27.1. The predicted octanol–water partition coefficient (Wildman–Crippen LogP) is 2.35. The van der Waals surface area contributed by atoms with E-state index in [0.29, 0.717) is 6.61 Å². The van der Waals surface area contributed by atoms with E-state index in [0.717, 1.165) is 54.1 Å². The maximum absolute atomic E-state index is 13.5. The molecule has 0 spiro atoms. The molecule has 3 rings (SSSR count). The van der Waals surface area contributed by atoms with Crippen molar-refractivity contribution in [3.05, 3.63) is 60.2 Å². The quantitative estimate of drug-likeness (QED) is 0.527. The van der Waals surface area contributed by atoms with Gasteiger partial charge in [-0.05, 0) is 67.8 Å². The highest BCUT2D eigenvalue weighted by molar-refractivity contribution is 7.89. The first-order valence-electron chi connectivity index (χ1n) is 10.9. The first-order chi connectivity index (χ1) is 16.2. The van der Waals surface area contributed by atoms with Crippen LogP contribution in [-0.4, -0.2) is 52.1 Å². The van der Waals surface area contributed by atoms with Gasteiger partial charge in [-0.25, -0.2) is 21.9 Å². The Morgan fingerprint density at radius 3 is 2.26 bits per heavy atom. The molecule has 1 fully saturated rings. The Hall–Kier alpha value is -2.89. The molecule has 0 aliphatic carbocycles. The highest BCUT2D eigenvalue weighted by atomic mass is 32.2. The van der Waals surface area contributed by atoms with Crippen LogP contribution in [0.4, 0.5) is 14.5 Å². The third-order valence-electron chi connectivity index (χ3n) is 5.44. The summed E-state index contributed by atoms with van der Waals surface area (Å²) in [5, 5.41) is 2.79. The Balaban J connectivity index is 1.78. The van der Waals surface area contributed by atoms with E-state index in [4.69, 9.17) is 4.74 Å². The van der Waals surface area contributed by atoms with Crippen LogP contribution in [-0.2, 0) is 24.3 Å². The molecular weight excluding hydrogens is 468 g/mol. The van der Waals surface area contributed by atoms with E-state index < -0.39 is 46.1 Å². The van der Waals surface area contributed by atoms with Gasteiger partial charge in [0.2, 0.25) is 21.8 Å². The van der Waals surface area contributed by atoms with Crippen LogP contribution >= 0.6 is 0 Å². The molecule has 0 saturated carbocycles. The molecule has 2 amide bonds. The molecule has 2 aromatic carbocycles. The van der Waals surface area contributed by atoms with E-state index in [-0.39, 0.29) is 29.7 Å². The molecule has 0 radical (unpaired) electrons. The van der Waals surface area contributed by atoms with Crippen molar-refractivity contribution >= 4 is 27.5 Å². The number of rotatable bonds is 10. The number of ether oxygens (including phenoxy) is 1. The lowest BCUT2D eigenvalue weighted by Crippen LogP contribution is -2.53. The predicted molar refractivity (Wildman–Crippen MR) is 122 cm³/mol. The average molecular weight is 496 g/mol. The van der Waals surface area contributed by atoms with Gasteiger partial charge >= 0.3 is 0 Å². The molecule has 1 aliphatic heterocycles. The standard InChI is InChI=1S/C23H27F2N3O5S/c1-2-21(23(30)26-14-19-4-3-13-33-19)28(18-9-5-16(24)6-10-18)22(29)15-27-34(31,32)20-11-7-17(25)8-12-20/h5-12,19,21,27H,2-4,13-15H2,1H3,(H,26,30)/t19-,21-/m1/s1. The number of amides is 2. The zero-order valence-electron chi connectivity index (χ0n) is 18.7. The molecule has 1 heterocycles. The van der Waals surface area contributed by atoms with Gasteiger partial charge < -0.3 is 10.1 Å². The summed E-state index contributed by atoms with van der Waals surface area (Å²) in [7, 11) is -4.11. The Kier molecular flexibility index (Phi) is 8.70. The van der Waals surface area contributed by atoms with Crippen molar-refractivity contribution in [2.24, 2.45) is 0 Å². The molecule has 11 heteroatoms. The van der Waals surface area contributed by atoms with Crippen LogP contribution in [0.1, 0.15) is 26.2 Å². The Bertz CT molecular complexity index is 1090. The molecule has 2 aromatic rings. The zero-order valence-corrected chi connectivity index (χ0v) is 19.5. The molecule has 0 aromatic heterocycles. The third kappa shape index (κ3) is 6.58. The molecule has 184 valence electrons. The largest absolute Gasteiger partial charge is 0.376 e. The summed E-state index contributed by atoms with van der Waals surface area (Å²) in [6.07, 6.45) is 1.86. The van der Waals surface area contributed by atoms with Gasteiger partial charge in [0.1, 0.15) is 17.7 Å². The number of hydrogen-bond donors (Lipinski definition) is 2. The van der Waals surface area contributed by atoms with Crippen molar-refractivity contribution in [3.8, 4) is 0 Å². The van der Waals surface area contributed by atoms with Gasteiger partial charge in [-0.15, -0.1) is 0 Å². The minimum atomic E-state index is -4.11. The molecule has 0 unspecified atom stereocenters. The number of carbonyl (C=O) groups is 2. The number of nitrogens with one attached hydrogen (secondary N) is 2. The minimum absolute atomic E-state index is 0.0982. The van der Waals surface area contributed by atoms with Crippen molar-refractivity contribution in [1.29, 1.82) is 0 Å². The second-order valence-electron chi connectivity index (χ2n) is 7.82. The molecule has 1 aliphatic rings. The highest BCUT2D eigenvalue weighted by Gasteiger charge is 2.31. The first kappa shape index (κ1) is 25.7. The summed E-state index contributed by atoms with van der Waals surface area (Å²) in [5.74, 6) is -2.27. The Morgan fingerprint density at radius 1 is 1.09 bits per heavy atom. The Morgan fingerprint density at radius 2 is 1.71 bits per heavy atom. The van der Waals surface area contributed by atoms with Gasteiger partial charge in [0.15, 0.2) is 0 Å². The highest BCUT2D eigenvalue weighted by Crippen LogP contribution is 2.21. The number of anilines is 1. The monoisotopic (exact) mass is 495 g/mol. The maximum Gasteiger partial charge on any atom is 0.243 e. The summed E-state index contributed by atoms with van der Waals surface area (Å²) < 4.78 is 59.4. The fourth-order valence-corrected chi connectivity index (χ4v) is 4.64. The Labute approximate surface area is 197 Å². The second-order valence-corrected chi connectivity index (χ2v) is 9.59. The van der Waals surface area contributed by atoms with E-state index >= 15 is 0 Å². The van der Waals surface area contributed by atoms with Gasteiger partial charge in [-0.3, -0.25) is 14.5 Å². The fraction of sp³-hybridized carbons (Fsp3) is 0.391. The van der Waals surface area contributed by atoms with Gasteiger partial charge in [-0.2, -0.15) is 0 Å². The minimum Gasteiger partial charge on any atom is -0.376 e. The van der Waals surface area contributed by atoms with Crippen molar-refractivity contribution in [1.82, 2.24) is 10.0 Å². The number of benzene rings is 2. The van der Waals surface area contributed by atoms with E-state index in [1.54, 1.807) is 6.92 Å². The molecule has 2 N–H and O–H groups in total. The number of nitrogens with zero attached hydrogens (tertiary/aromatic N) is 1. The van der Waals surface area contributed by atoms with Crippen LogP contribution in [0.3, 0.4) is 0 Å². The maximum atomic E-state index is 13.5. The van der Waals surface area contributed by atoms with E-state index in [9.17, 15) is 26.8 Å². The summed E-state index contributed by atoms with van der Waals surface area (Å²) >= 11 is 0. The normalized spacial score (nSPS) is 16.7. The number of carbonyl (C=O) groups excluding carboxylic acids is 2. The smallest absolute Gasteiger partial charge is 0.243 e. The van der Waals surface area contributed by atoms with Crippen LogP contribution < -0.4 is 14.9 Å². The van der Waals surface area contributed by atoms with Crippen LogP contribution in [0.25, 0.3) is 0 Å². The van der Waals surface area contributed by atoms with Gasteiger partial charge in [-0.1, -0.05) is 6.92 Å². The SMILES string of the molecule is CC[C@H](C(=O)NC[C@H]1CCCO1)N(C(=O)CNS(=O)(=O)c1ccc(F)cc1)c1ccc(F)cc1. The molecule has 34 heavy (non-hydrogen) atoms. The fourth-order valence-electron chi connectivity index (χ4n) is 3.66. The van der Waals surface area contributed by atoms with Crippen LogP contribution in [0.2, 0.25) is 0 Å². The van der Waals surface area contributed by atoms with E-state index in [2.05, 4.69) is 10.0 Å². The lowest BCUT2D eigenvalue weighted by atomic mass is 10.1. The molecule has 8 nitrogen and oxygen atoms in total. The molecule has 1 saturated heterocycles. The summed E-state index contributed by atoms with van der Waals surface area (Å²) in [6.45, 7) is 1.97. The lowest BCUT2D eigenvalue weighted by Gasteiger charge is -2.31. The molecular formula is C23H27F2N3O5S. The zero-order chi connectivity index (χ0) is 24.7. The number of halogens is 2. The van der Waals surface area contributed by atoms with Crippen LogP contribution in [0.15, 0.2) is 53.4 Å². The summed E-state index contributed by atoms with van der Waals surface area (Å²) in [5.41, 5.74) is 0.242. The van der Waals surface area contributed by atoms with Crippen molar-refractivity contribution < 1.29 is 31.5 Å². The van der Waals surface area contributed by atoms with E-state index in [1.807, 2.05) is 0 Å². The van der Waals surface area contributed by atoms with Crippen molar-refractivity contribution in [3.63, 3.8) is 0 Å². The van der Waals surface area contributed by atoms with Gasteiger partial charge in [0, 0.05) is 18.8 Å². The molecule has 2 atom stereocenters. The van der Waals surface area contributed by atoms with Crippen molar-refractivity contribution in [2.75, 3.05) is 24.6 Å². The first-order valence-corrected chi connectivity index (χ1v) is 12.4. The van der Waals surface area contributed by atoms with Crippen molar-refractivity contribution in [2.45, 2.75) is 43.2 Å². The average Bonchev–Trinajstić information content (AvgIpc) is 3.34. The van der Waals surface area contributed by atoms with Gasteiger partial charge in [0.25, 0.3) is 0 Å². The van der Waals surface area contributed by atoms with Crippen LogP contribution in [0.5, 0.6) is 0 Å².